The Morgan fingerprint density at radius 1 is 0.969 bits per heavy atom. The van der Waals surface area contributed by atoms with Crippen molar-refractivity contribution in [3.8, 4) is 5.75 Å². The van der Waals surface area contributed by atoms with Crippen molar-refractivity contribution in [2.75, 3.05) is 0 Å². The number of imide groups is 1. The first kappa shape index (κ1) is 22.9. The number of rotatable bonds is 6. The molecular weight excluding hydrogens is 533 g/mol. The summed E-state index contributed by atoms with van der Waals surface area (Å²) in [5, 5.41) is 0.731. The summed E-state index contributed by atoms with van der Waals surface area (Å²) in [7, 11) is 0. The molecule has 1 aliphatic heterocycles. The molecule has 0 spiro atoms. The largest absolute Gasteiger partial charge is 0.487 e. The van der Waals surface area contributed by atoms with Gasteiger partial charge in [-0.1, -0.05) is 75.5 Å². The van der Waals surface area contributed by atoms with Gasteiger partial charge in [-0.3, -0.25) is 14.5 Å². The van der Waals surface area contributed by atoms with E-state index in [0.29, 0.717) is 26.3 Å². The van der Waals surface area contributed by atoms with Gasteiger partial charge >= 0.3 is 0 Å². The van der Waals surface area contributed by atoms with Crippen LogP contribution in [-0.4, -0.2) is 16.0 Å². The second kappa shape index (κ2) is 10.1. The minimum Gasteiger partial charge on any atom is -0.487 e. The lowest BCUT2D eigenvalue weighted by molar-refractivity contribution is -0.123. The minimum atomic E-state index is -0.321. The summed E-state index contributed by atoms with van der Waals surface area (Å²) in [6.07, 6.45) is 1.66. The molecule has 0 N–H and O–H groups in total. The zero-order valence-corrected chi connectivity index (χ0v) is 20.5. The number of amides is 2. The van der Waals surface area contributed by atoms with Crippen LogP contribution in [-0.2, 0) is 17.9 Å². The molecule has 32 heavy (non-hydrogen) atoms. The number of hydrogen-bond donors (Lipinski definition) is 0. The summed E-state index contributed by atoms with van der Waals surface area (Å²) in [5.41, 5.74) is 2.43. The van der Waals surface area contributed by atoms with Crippen molar-refractivity contribution in [2.45, 2.75) is 13.2 Å². The Morgan fingerprint density at radius 3 is 2.44 bits per heavy atom. The molecule has 0 unspecified atom stereocenters. The fourth-order valence-corrected chi connectivity index (χ4v) is 4.59. The van der Waals surface area contributed by atoms with E-state index in [1.165, 1.54) is 4.90 Å². The van der Waals surface area contributed by atoms with Gasteiger partial charge in [0.1, 0.15) is 12.4 Å². The van der Waals surface area contributed by atoms with Gasteiger partial charge in [-0.25, -0.2) is 0 Å². The zero-order chi connectivity index (χ0) is 22.7. The summed E-state index contributed by atoms with van der Waals surface area (Å²) in [4.78, 5) is 26.8. The number of halogens is 3. The average Bonchev–Trinajstić information content (AvgIpc) is 3.03. The molecule has 1 heterocycles. The van der Waals surface area contributed by atoms with Crippen molar-refractivity contribution < 1.29 is 14.3 Å². The van der Waals surface area contributed by atoms with Crippen molar-refractivity contribution >= 4 is 68.1 Å². The quantitative estimate of drug-likeness (QED) is 0.298. The van der Waals surface area contributed by atoms with Crippen LogP contribution < -0.4 is 4.74 Å². The van der Waals surface area contributed by atoms with Gasteiger partial charge in [-0.15, -0.1) is 0 Å². The lowest BCUT2D eigenvalue weighted by atomic mass is 10.2. The number of nitrogens with zero attached hydrogens (tertiary/aromatic N) is 1. The zero-order valence-electron chi connectivity index (χ0n) is 16.6. The van der Waals surface area contributed by atoms with Gasteiger partial charge in [-0.05, 0) is 59.3 Å². The Kier molecular flexibility index (Phi) is 7.26. The smallest absolute Gasteiger partial charge is 0.293 e. The molecule has 0 aliphatic carbocycles. The van der Waals surface area contributed by atoms with Crippen LogP contribution in [0.3, 0.4) is 0 Å². The lowest BCUT2D eigenvalue weighted by Crippen LogP contribution is -2.27. The van der Waals surface area contributed by atoms with Crippen LogP contribution >= 0.6 is 50.9 Å². The van der Waals surface area contributed by atoms with Gasteiger partial charge in [0.25, 0.3) is 11.1 Å². The van der Waals surface area contributed by atoms with Gasteiger partial charge in [0.15, 0.2) is 0 Å². The van der Waals surface area contributed by atoms with E-state index in [1.54, 1.807) is 30.3 Å². The molecule has 3 aromatic carbocycles. The van der Waals surface area contributed by atoms with Crippen LogP contribution in [0.4, 0.5) is 4.79 Å². The predicted octanol–water partition coefficient (Wildman–Crippen LogP) is 7.57. The van der Waals surface area contributed by atoms with Gasteiger partial charge in [0, 0.05) is 15.1 Å². The maximum Gasteiger partial charge on any atom is 0.293 e. The Morgan fingerprint density at radius 2 is 1.72 bits per heavy atom. The second-order valence-electron chi connectivity index (χ2n) is 6.96. The van der Waals surface area contributed by atoms with Crippen LogP contribution in [0.15, 0.2) is 76.1 Å². The third-order valence-corrected chi connectivity index (χ3v) is 6.82. The number of benzene rings is 3. The fourth-order valence-electron chi connectivity index (χ4n) is 3.05. The average molecular weight is 549 g/mol. The third kappa shape index (κ3) is 5.38. The number of carbonyl (C=O) groups excluding carboxylic acids is 2. The Labute approximate surface area is 208 Å². The molecule has 0 radical (unpaired) electrons. The van der Waals surface area contributed by atoms with Crippen LogP contribution in [0.1, 0.15) is 16.7 Å². The molecule has 0 bridgehead atoms. The Balaban J connectivity index is 1.45. The van der Waals surface area contributed by atoms with Gasteiger partial charge < -0.3 is 4.74 Å². The maximum absolute atomic E-state index is 12.8. The highest BCUT2D eigenvalue weighted by molar-refractivity contribution is 9.10. The second-order valence-corrected chi connectivity index (χ2v) is 9.69. The maximum atomic E-state index is 12.8. The molecule has 162 valence electrons. The summed E-state index contributed by atoms with van der Waals surface area (Å²) in [6.45, 7) is 0.512. The third-order valence-electron chi connectivity index (χ3n) is 4.72. The summed E-state index contributed by atoms with van der Waals surface area (Å²) in [5.74, 6) is 0.185. The minimum absolute atomic E-state index is 0.227. The molecule has 1 fully saturated rings. The lowest BCUT2D eigenvalue weighted by Gasteiger charge is -2.12. The van der Waals surface area contributed by atoms with Crippen LogP contribution in [0.5, 0.6) is 5.75 Å². The molecule has 0 atom stereocenters. The van der Waals surface area contributed by atoms with E-state index < -0.39 is 0 Å². The van der Waals surface area contributed by atoms with Crippen LogP contribution in [0, 0.1) is 0 Å². The van der Waals surface area contributed by atoms with Crippen molar-refractivity contribution in [2.24, 2.45) is 0 Å². The van der Waals surface area contributed by atoms with Gasteiger partial charge in [0.2, 0.25) is 0 Å². The number of thioether (sulfide) groups is 1. The van der Waals surface area contributed by atoms with Crippen molar-refractivity contribution in [1.29, 1.82) is 0 Å². The van der Waals surface area contributed by atoms with Gasteiger partial charge in [0.05, 0.1) is 16.5 Å². The standard InChI is InChI=1S/C24H16BrCl2NO3S/c25-18-8-5-15(6-9-18)13-28-23(29)22(32-24(28)30)12-16-7-10-21(20(27)11-16)31-14-17-3-1-2-4-19(17)26/h1-12H,13-14H2/b22-12-. The molecule has 3 aromatic rings. The highest BCUT2D eigenvalue weighted by atomic mass is 79.9. The Hall–Kier alpha value is -2.25. The normalized spacial score (nSPS) is 15.0. The first-order valence-electron chi connectivity index (χ1n) is 9.56. The van der Waals surface area contributed by atoms with E-state index in [0.717, 1.165) is 27.4 Å². The molecule has 8 heteroatoms. The number of carbonyl (C=O) groups is 2. The molecule has 4 rings (SSSR count). The van der Waals surface area contributed by atoms with E-state index in [-0.39, 0.29) is 24.3 Å². The van der Waals surface area contributed by atoms with Crippen molar-refractivity contribution in [1.82, 2.24) is 4.90 Å². The molecule has 1 saturated heterocycles. The van der Waals surface area contributed by atoms with E-state index >= 15 is 0 Å². The number of ether oxygens (including phenoxy) is 1. The topological polar surface area (TPSA) is 46.6 Å². The SMILES string of the molecule is O=C1S/C(=C\c2ccc(OCc3ccccc3Cl)c(Cl)c2)C(=O)N1Cc1ccc(Br)cc1. The molecule has 2 amide bonds. The van der Waals surface area contributed by atoms with E-state index in [1.807, 2.05) is 42.5 Å². The molecule has 0 aromatic heterocycles. The first-order chi connectivity index (χ1) is 15.4. The van der Waals surface area contributed by atoms with Crippen LogP contribution in [0.25, 0.3) is 6.08 Å². The first-order valence-corrected chi connectivity index (χ1v) is 11.9. The monoisotopic (exact) mass is 547 g/mol. The van der Waals surface area contributed by atoms with E-state index in [9.17, 15) is 9.59 Å². The van der Waals surface area contributed by atoms with Crippen molar-refractivity contribution in [3.63, 3.8) is 0 Å². The molecule has 0 saturated carbocycles. The predicted molar refractivity (Wildman–Crippen MR) is 133 cm³/mol. The van der Waals surface area contributed by atoms with Crippen molar-refractivity contribution in [3.05, 3.63) is 103 Å². The number of hydrogen-bond acceptors (Lipinski definition) is 4. The summed E-state index contributed by atoms with van der Waals surface area (Å²) in [6, 6.07) is 20.1. The van der Waals surface area contributed by atoms with E-state index in [4.69, 9.17) is 27.9 Å². The summed E-state index contributed by atoms with van der Waals surface area (Å²) >= 11 is 16.8. The van der Waals surface area contributed by atoms with Crippen LogP contribution in [0.2, 0.25) is 10.0 Å². The highest BCUT2D eigenvalue weighted by Crippen LogP contribution is 2.35. The summed E-state index contributed by atoms with van der Waals surface area (Å²) < 4.78 is 6.72. The van der Waals surface area contributed by atoms with Gasteiger partial charge in [-0.2, -0.15) is 0 Å². The Bertz CT molecular complexity index is 1210. The highest BCUT2D eigenvalue weighted by Gasteiger charge is 2.35. The fraction of sp³-hybridized carbons (Fsp3) is 0.0833. The molecule has 1 aliphatic rings. The molecule has 4 nitrogen and oxygen atoms in total. The van der Waals surface area contributed by atoms with E-state index in [2.05, 4.69) is 15.9 Å². The molecular formula is C24H16BrCl2NO3S.